The molecule has 1 aliphatic rings. The van der Waals surface area contributed by atoms with Gasteiger partial charge in [-0.05, 0) is 57.1 Å². The van der Waals surface area contributed by atoms with Crippen LogP contribution in [0.3, 0.4) is 0 Å². The molecule has 1 N–H and O–H groups in total. The molecular formula is C23H44N2O2. The highest BCUT2D eigenvalue weighted by atomic mass is 16.5. The van der Waals surface area contributed by atoms with Crippen molar-refractivity contribution >= 4 is 6.09 Å². The Labute approximate surface area is 168 Å². The fourth-order valence-electron chi connectivity index (χ4n) is 2.75. The van der Waals surface area contributed by atoms with Gasteiger partial charge in [0.2, 0.25) is 0 Å². The summed E-state index contributed by atoms with van der Waals surface area (Å²) in [7, 11) is 3.72. The van der Waals surface area contributed by atoms with Gasteiger partial charge in [-0.25, -0.2) is 4.79 Å². The molecule has 0 spiro atoms. The number of likely N-dealkylation sites (tertiary alicyclic amines) is 1. The van der Waals surface area contributed by atoms with E-state index in [1.54, 1.807) is 7.05 Å². The van der Waals surface area contributed by atoms with Crippen LogP contribution in [0.1, 0.15) is 84.8 Å². The molecule has 2 unspecified atom stereocenters. The smallest absolute Gasteiger partial charge is 0.410 e. The van der Waals surface area contributed by atoms with E-state index in [0.29, 0.717) is 17.7 Å². The lowest BCUT2D eigenvalue weighted by molar-refractivity contribution is 0.203. The predicted molar refractivity (Wildman–Crippen MR) is 119 cm³/mol. The average molecular weight is 381 g/mol. The van der Waals surface area contributed by atoms with E-state index in [1.165, 1.54) is 24.0 Å². The van der Waals surface area contributed by atoms with Gasteiger partial charge in [0.15, 0.2) is 0 Å². The lowest BCUT2D eigenvalue weighted by Gasteiger charge is -2.22. The molecule has 1 saturated heterocycles. The Kier molecular flexibility index (Phi) is 17.0. The molecule has 0 aromatic heterocycles. The van der Waals surface area contributed by atoms with Crippen LogP contribution in [-0.2, 0) is 0 Å². The van der Waals surface area contributed by atoms with Crippen molar-refractivity contribution in [2.75, 3.05) is 20.6 Å². The van der Waals surface area contributed by atoms with Crippen LogP contribution in [0.5, 0.6) is 5.75 Å². The molecule has 1 fully saturated rings. The Bertz CT molecular complexity index is 501. The van der Waals surface area contributed by atoms with E-state index in [0.717, 1.165) is 13.0 Å². The van der Waals surface area contributed by atoms with Crippen LogP contribution >= 0.6 is 0 Å². The van der Waals surface area contributed by atoms with Crippen molar-refractivity contribution in [1.29, 1.82) is 0 Å². The van der Waals surface area contributed by atoms with Gasteiger partial charge in [-0.2, -0.15) is 0 Å². The van der Waals surface area contributed by atoms with Crippen molar-refractivity contribution in [2.24, 2.45) is 0 Å². The van der Waals surface area contributed by atoms with E-state index in [-0.39, 0.29) is 0 Å². The number of nitrogens with one attached hydrogen (secondary N) is 1. The summed E-state index contributed by atoms with van der Waals surface area (Å²) in [5, 5.41) is 2.46. The maximum atomic E-state index is 11.3. The maximum Gasteiger partial charge on any atom is 0.412 e. The van der Waals surface area contributed by atoms with Crippen LogP contribution in [-0.4, -0.2) is 37.7 Å². The highest BCUT2D eigenvalue weighted by molar-refractivity contribution is 5.70. The first-order valence-corrected chi connectivity index (χ1v) is 10.6. The van der Waals surface area contributed by atoms with Crippen molar-refractivity contribution < 1.29 is 9.53 Å². The van der Waals surface area contributed by atoms with E-state index in [9.17, 15) is 4.79 Å². The first-order valence-electron chi connectivity index (χ1n) is 10.6. The number of carbonyl (C=O) groups excluding carboxylic acids is 1. The Balaban J connectivity index is 0. The third-order valence-electron chi connectivity index (χ3n) is 4.64. The predicted octanol–water partition coefficient (Wildman–Crippen LogP) is 6.38. The van der Waals surface area contributed by atoms with Gasteiger partial charge < -0.3 is 15.0 Å². The number of hydrogen-bond acceptors (Lipinski definition) is 3. The number of ether oxygens (including phenoxy) is 1. The van der Waals surface area contributed by atoms with Crippen molar-refractivity contribution in [2.45, 2.75) is 86.6 Å². The molecule has 27 heavy (non-hydrogen) atoms. The van der Waals surface area contributed by atoms with Gasteiger partial charge in [0.25, 0.3) is 0 Å². The number of rotatable bonds is 3. The summed E-state index contributed by atoms with van der Waals surface area (Å²) in [6, 6.07) is 6.40. The van der Waals surface area contributed by atoms with Gasteiger partial charge in [0, 0.05) is 19.0 Å². The lowest BCUT2D eigenvalue weighted by Crippen LogP contribution is -2.25. The van der Waals surface area contributed by atoms with E-state index < -0.39 is 6.09 Å². The number of likely N-dealkylation sites (N-methyl/N-ethyl adjacent to an activating group) is 1. The number of unbranched alkanes of at least 4 members (excludes halogenated alkanes) is 1. The number of aryl methyl sites for hydroxylation is 1. The summed E-state index contributed by atoms with van der Waals surface area (Å²) in [4.78, 5) is 13.6. The molecular weight excluding hydrogens is 336 g/mol. The quantitative estimate of drug-likeness (QED) is 0.661. The largest absolute Gasteiger partial charge is 0.412 e. The zero-order chi connectivity index (χ0) is 21.4. The third kappa shape index (κ3) is 9.81. The van der Waals surface area contributed by atoms with Gasteiger partial charge in [0.05, 0.1) is 0 Å². The number of hydrogen-bond donors (Lipinski definition) is 1. The molecule has 0 aliphatic carbocycles. The molecule has 2 rings (SSSR count). The monoisotopic (exact) mass is 380 g/mol. The zero-order valence-corrected chi connectivity index (χ0v) is 19.5. The molecule has 158 valence electrons. The summed E-state index contributed by atoms with van der Waals surface area (Å²) in [5.74, 6) is 1.12. The Hall–Kier alpha value is -1.55. The standard InChI is InChI=1S/C15H22N2O2.C4H10.2C2H6/c1-10-5-6-12(19-15(18)16-3)9-14(10)13-7-8-17(4)11(13)2;1-3-4-2;2*1-2/h5-6,9,11,13H,7-8H2,1-4H3,(H,16,18);3-4H2,1-2H3;2*1-2H3. The molecule has 4 heteroatoms. The van der Waals surface area contributed by atoms with Crippen molar-refractivity contribution in [1.82, 2.24) is 10.2 Å². The van der Waals surface area contributed by atoms with E-state index >= 15 is 0 Å². The molecule has 0 saturated carbocycles. The summed E-state index contributed by atoms with van der Waals surface area (Å²) in [6.07, 6.45) is 3.37. The van der Waals surface area contributed by atoms with Crippen molar-refractivity contribution in [3.8, 4) is 5.75 Å². The molecule has 4 nitrogen and oxygen atoms in total. The number of benzene rings is 1. The Morgan fingerprint density at radius 3 is 2.15 bits per heavy atom. The molecule has 1 amide bonds. The van der Waals surface area contributed by atoms with Gasteiger partial charge in [-0.3, -0.25) is 0 Å². The van der Waals surface area contributed by atoms with E-state index in [1.807, 2.05) is 45.9 Å². The second-order valence-corrected chi connectivity index (χ2v) is 6.27. The second kappa shape index (κ2) is 16.6. The molecule has 1 heterocycles. The van der Waals surface area contributed by atoms with Crippen molar-refractivity contribution in [3.63, 3.8) is 0 Å². The van der Waals surface area contributed by atoms with Gasteiger partial charge in [-0.1, -0.05) is 60.5 Å². The number of nitrogens with zero attached hydrogens (tertiary/aromatic N) is 1. The van der Waals surface area contributed by atoms with Crippen LogP contribution in [0.25, 0.3) is 0 Å². The van der Waals surface area contributed by atoms with Crippen LogP contribution in [0.4, 0.5) is 4.79 Å². The minimum absolute atomic E-state index is 0.425. The molecule has 1 aromatic carbocycles. The minimum atomic E-state index is -0.425. The van der Waals surface area contributed by atoms with E-state index in [2.05, 4.69) is 45.0 Å². The topological polar surface area (TPSA) is 41.6 Å². The van der Waals surface area contributed by atoms with Gasteiger partial charge >= 0.3 is 6.09 Å². The SMILES string of the molecule is CC.CC.CCCC.CNC(=O)Oc1ccc(C)c(C2CCN(C)C2C)c1. The lowest BCUT2D eigenvalue weighted by atomic mass is 9.89. The van der Waals surface area contributed by atoms with E-state index in [4.69, 9.17) is 4.74 Å². The average Bonchev–Trinajstić information content (AvgIpc) is 3.05. The van der Waals surface area contributed by atoms with Crippen LogP contribution in [0, 0.1) is 6.92 Å². The number of carbonyl (C=O) groups is 1. The normalized spacial score (nSPS) is 18.0. The van der Waals surface area contributed by atoms with Gasteiger partial charge in [0.1, 0.15) is 5.75 Å². The van der Waals surface area contributed by atoms with Crippen molar-refractivity contribution in [3.05, 3.63) is 29.3 Å². The second-order valence-electron chi connectivity index (χ2n) is 6.27. The third-order valence-corrected chi connectivity index (χ3v) is 4.64. The first kappa shape index (κ1) is 27.7. The Morgan fingerprint density at radius 1 is 1.19 bits per heavy atom. The minimum Gasteiger partial charge on any atom is -0.410 e. The summed E-state index contributed by atoms with van der Waals surface area (Å²) < 4.78 is 5.22. The zero-order valence-electron chi connectivity index (χ0n) is 19.5. The molecule has 0 bridgehead atoms. The highest BCUT2D eigenvalue weighted by Gasteiger charge is 2.30. The first-order chi connectivity index (χ1) is 12.9. The number of amides is 1. The summed E-state index contributed by atoms with van der Waals surface area (Å²) in [6.45, 7) is 17.8. The van der Waals surface area contributed by atoms with Gasteiger partial charge in [-0.15, -0.1) is 0 Å². The molecule has 0 radical (unpaired) electrons. The molecule has 1 aliphatic heterocycles. The molecule has 2 atom stereocenters. The highest BCUT2D eigenvalue weighted by Crippen LogP contribution is 2.35. The fraction of sp³-hybridized carbons (Fsp3) is 0.696. The van der Waals surface area contributed by atoms with Crippen LogP contribution < -0.4 is 10.1 Å². The molecule has 1 aromatic rings. The maximum absolute atomic E-state index is 11.3. The fourth-order valence-corrected chi connectivity index (χ4v) is 2.75. The van der Waals surface area contributed by atoms with Crippen LogP contribution in [0.2, 0.25) is 0 Å². The summed E-state index contributed by atoms with van der Waals surface area (Å²) in [5.41, 5.74) is 2.55. The van der Waals surface area contributed by atoms with Crippen LogP contribution in [0.15, 0.2) is 18.2 Å². The Morgan fingerprint density at radius 2 is 1.74 bits per heavy atom. The summed E-state index contributed by atoms with van der Waals surface area (Å²) >= 11 is 0.